The van der Waals surface area contributed by atoms with Gasteiger partial charge < -0.3 is 4.74 Å². The van der Waals surface area contributed by atoms with Gasteiger partial charge in [-0.25, -0.2) is 9.78 Å². The molecule has 0 saturated heterocycles. The van der Waals surface area contributed by atoms with E-state index < -0.39 is 17.7 Å². The van der Waals surface area contributed by atoms with Gasteiger partial charge in [0, 0.05) is 11.8 Å². The lowest BCUT2D eigenvalue weighted by atomic mass is 10.0. The van der Waals surface area contributed by atoms with Gasteiger partial charge in [0.2, 0.25) is 0 Å². The molecule has 0 spiro atoms. The van der Waals surface area contributed by atoms with E-state index in [1.165, 1.54) is 0 Å². The second-order valence-electron chi connectivity index (χ2n) is 3.97. The van der Waals surface area contributed by atoms with E-state index in [2.05, 4.69) is 9.72 Å². The van der Waals surface area contributed by atoms with Crippen molar-refractivity contribution in [3.05, 3.63) is 53.9 Å². The average molecular weight is 281 g/mol. The van der Waals surface area contributed by atoms with Crippen LogP contribution in [0.3, 0.4) is 0 Å². The van der Waals surface area contributed by atoms with Crippen molar-refractivity contribution in [2.24, 2.45) is 0 Å². The van der Waals surface area contributed by atoms with Crippen LogP contribution in [0.15, 0.2) is 42.6 Å². The molecule has 0 saturated carbocycles. The van der Waals surface area contributed by atoms with Crippen molar-refractivity contribution >= 4 is 5.97 Å². The van der Waals surface area contributed by atoms with Gasteiger partial charge in [0.15, 0.2) is 0 Å². The van der Waals surface area contributed by atoms with Gasteiger partial charge in [-0.2, -0.15) is 13.2 Å². The number of ether oxygens (including phenoxy) is 1. The van der Waals surface area contributed by atoms with E-state index in [4.69, 9.17) is 0 Å². The molecule has 20 heavy (non-hydrogen) atoms. The molecule has 0 unspecified atom stereocenters. The summed E-state index contributed by atoms with van der Waals surface area (Å²) in [7, 11) is 1.09. The topological polar surface area (TPSA) is 39.2 Å². The summed E-state index contributed by atoms with van der Waals surface area (Å²) in [6.07, 6.45) is -3.55. The number of nitrogens with zero attached hydrogens (tertiary/aromatic N) is 1. The number of hydrogen-bond donors (Lipinski definition) is 0. The number of alkyl halides is 3. The van der Waals surface area contributed by atoms with Crippen molar-refractivity contribution in [3.8, 4) is 11.1 Å². The zero-order chi connectivity index (χ0) is 14.8. The molecule has 0 amide bonds. The van der Waals surface area contributed by atoms with Crippen LogP contribution in [0.25, 0.3) is 11.1 Å². The quantitative estimate of drug-likeness (QED) is 0.790. The molecule has 0 atom stereocenters. The number of carbonyl (C=O) groups excluding carboxylic acids is 1. The number of rotatable bonds is 2. The number of benzene rings is 1. The first-order valence-electron chi connectivity index (χ1n) is 5.64. The van der Waals surface area contributed by atoms with Crippen molar-refractivity contribution in [1.29, 1.82) is 0 Å². The van der Waals surface area contributed by atoms with E-state index in [1.807, 2.05) is 0 Å². The van der Waals surface area contributed by atoms with Crippen LogP contribution in [0.1, 0.15) is 16.1 Å². The molecule has 2 aromatic rings. The van der Waals surface area contributed by atoms with Gasteiger partial charge in [0.1, 0.15) is 5.69 Å². The number of hydrogen-bond acceptors (Lipinski definition) is 3. The second kappa shape index (κ2) is 5.32. The van der Waals surface area contributed by atoms with Crippen LogP contribution in [0.4, 0.5) is 13.2 Å². The predicted octanol–water partition coefficient (Wildman–Crippen LogP) is 3.55. The van der Waals surface area contributed by atoms with Gasteiger partial charge in [-0.05, 0) is 11.6 Å². The summed E-state index contributed by atoms with van der Waals surface area (Å²) >= 11 is 0. The van der Waals surface area contributed by atoms with Gasteiger partial charge in [0.05, 0.1) is 12.7 Å². The first-order valence-corrected chi connectivity index (χ1v) is 5.64. The second-order valence-corrected chi connectivity index (χ2v) is 3.97. The largest absolute Gasteiger partial charge is 0.464 e. The molecule has 0 aliphatic rings. The van der Waals surface area contributed by atoms with Crippen LogP contribution in [0.5, 0.6) is 0 Å². The molecule has 1 heterocycles. The Hall–Kier alpha value is -2.37. The minimum Gasteiger partial charge on any atom is -0.464 e. The molecular formula is C14H10F3NO2. The van der Waals surface area contributed by atoms with Crippen LogP contribution in [0, 0.1) is 0 Å². The highest BCUT2D eigenvalue weighted by Crippen LogP contribution is 2.37. The molecule has 3 nitrogen and oxygen atoms in total. The Morgan fingerprint density at radius 1 is 1.20 bits per heavy atom. The van der Waals surface area contributed by atoms with Crippen molar-refractivity contribution in [2.75, 3.05) is 7.11 Å². The number of halogens is 3. The van der Waals surface area contributed by atoms with E-state index in [0.29, 0.717) is 11.6 Å². The SMILES string of the molecule is COC(=O)c1cc(C(F)(F)F)c(-c2ccccc2)cn1. The van der Waals surface area contributed by atoms with Crippen molar-refractivity contribution in [3.63, 3.8) is 0 Å². The summed E-state index contributed by atoms with van der Waals surface area (Å²) in [6.45, 7) is 0. The van der Waals surface area contributed by atoms with E-state index in [0.717, 1.165) is 13.3 Å². The van der Waals surface area contributed by atoms with Gasteiger partial charge in [0.25, 0.3) is 0 Å². The van der Waals surface area contributed by atoms with E-state index in [9.17, 15) is 18.0 Å². The maximum absolute atomic E-state index is 13.1. The van der Waals surface area contributed by atoms with Crippen LogP contribution in [-0.4, -0.2) is 18.1 Å². The van der Waals surface area contributed by atoms with E-state index in [1.54, 1.807) is 30.3 Å². The molecular weight excluding hydrogens is 271 g/mol. The highest BCUT2D eigenvalue weighted by Gasteiger charge is 2.35. The Morgan fingerprint density at radius 3 is 2.40 bits per heavy atom. The monoisotopic (exact) mass is 281 g/mol. The molecule has 104 valence electrons. The lowest BCUT2D eigenvalue weighted by Crippen LogP contribution is -2.12. The summed E-state index contributed by atoms with van der Waals surface area (Å²) < 4.78 is 43.7. The molecule has 0 bridgehead atoms. The highest BCUT2D eigenvalue weighted by atomic mass is 19.4. The lowest BCUT2D eigenvalue weighted by molar-refractivity contribution is -0.137. The van der Waals surface area contributed by atoms with E-state index >= 15 is 0 Å². The third-order valence-electron chi connectivity index (χ3n) is 2.69. The molecule has 0 aliphatic heterocycles. The molecule has 0 aliphatic carbocycles. The molecule has 0 N–H and O–H groups in total. The Bertz CT molecular complexity index is 624. The summed E-state index contributed by atoms with van der Waals surface area (Å²) in [5, 5.41) is 0. The highest BCUT2D eigenvalue weighted by molar-refractivity contribution is 5.88. The minimum absolute atomic E-state index is 0.0780. The lowest BCUT2D eigenvalue weighted by Gasteiger charge is -2.13. The van der Waals surface area contributed by atoms with Gasteiger partial charge in [-0.15, -0.1) is 0 Å². The third-order valence-corrected chi connectivity index (χ3v) is 2.69. The standard InChI is InChI=1S/C14H10F3NO2/c1-20-13(19)12-7-11(14(15,16)17)10(8-18-12)9-5-3-2-4-6-9/h2-8H,1H3. The first-order chi connectivity index (χ1) is 9.43. The zero-order valence-corrected chi connectivity index (χ0v) is 10.4. The number of pyridine rings is 1. The van der Waals surface area contributed by atoms with Crippen LogP contribution in [0.2, 0.25) is 0 Å². The van der Waals surface area contributed by atoms with E-state index in [-0.39, 0.29) is 11.3 Å². The molecule has 0 radical (unpaired) electrons. The first kappa shape index (κ1) is 14.0. The minimum atomic E-state index is -4.59. The fraction of sp³-hybridized carbons (Fsp3) is 0.143. The third kappa shape index (κ3) is 2.79. The Labute approximate surface area is 113 Å². The number of aromatic nitrogens is 1. The number of esters is 1. The van der Waals surface area contributed by atoms with Gasteiger partial charge >= 0.3 is 12.1 Å². The Balaban J connectivity index is 2.61. The molecule has 2 rings (SSSR count). The molecule has 0 fully saturated rings. The van der Waals surface area contributed by atoms with Crippen LogP contribution >= 0.6 is 0 Å². The maximum Gasteiger partial charge on any atom is 0.417 e. The van der Waals surface area contributed by atoms with Crippen molar-refractivity contribution in [1.82, 2.24) is 4.98 Å². The normalized spacial score (nSPS) is 11.2. The van der Waals surface area contributed by atoms with Crippen molar-refractivity contribution in [2.45, 2.75) is 6.18 Å². The van der Waals surface area contributed by atoms with Crippen LogP contribution < -0.4 is 0 Å². The van der Waals surface area contributed by atoms with Gasteiger partial charge in [-0.3, -0.25) is 0 Å². The molecule has 1 aromatic heterocycles. The van der Waals surface area contributed by atoms with Crippen molar-refractivity contribution < 1.29 is 22.7 Å². The number of carbonyl (C=O) groups is 1. The predicted molar refractivity (Wildman–Crippen MR) is 66.0 cm³/mol. The smallest absolute Gasteiger partial charge is 0.417 e. The maximum atomic E-state index is 13.1. The zero-order valence-electron chi connectivity index (χ0n) is 10.4. The van der Waals surface area contributed by atoms with Gasteiger partial charge in [-0.1, -0.05) is 30.3 Å². The summed E-state index contributed by atoms with van der Waals surface area (Å²) in [5.41, 5.74) is -0.992. The summed E-state index contributed by atoms with van der Waals surface area (Å²) in [6, 6.07) is 8.75. The molecule has 1 aromatic carbocycles. The fourth-order valence-corrected chi connectivity index (χ4v) is 1.75. The Kier molecular flexibility index (Phi) is 3.74. The summed E-state index contributed by atoms with van der Waals surface area (Å²) in [4.78, 5) is 15.0. The molecule has 6 heteroatoms. The number of methoxy groups -OCH3 is 1. The average Bonchev–Trinajstić information content (AvgIpc) is 2.46. The summed E-state index contributed by atoms with van der Waals surface area (Å²) in [5.74, 6) is -0.907. The van der Waals surface area contributed by atoms with Crippen LogP contribution in [-0.2, 0) is 10.9 Å². The Morgan fingerprint density at radius 2 is 1.85 bits per heavy atom. The fourth-order valence-electron chi connectivity index (χ4n) is 1.75.